The Bertz CT molecular complexity index is 763. The molecule has 6 nitrogen and oxygen atoms in total. The number of hydrogen-bond donors (Lipinski definition) is 0. The van der Waals surface area contributed by atoms with Crippen LogP contribution in [-0.2, 0) is 17.7 Å². The average molecular weight is 355 g/mol. The van der Waals surface area contributed by atoms with Crippen LogP contribution in [-0.4, -0.2) is 52.0 Å². The van der Waals surface area contributed by atoms with Crippen LogP contribution in [0, 0.1) is 0 Å². The molecule has 1 amide bonds. The smallest absolute Gasteiger partial charge is 0.274 e. The highest BCUT2D eigenvalue weighted by atomic mass is 16.5. The molecule has 1 fully saturated rings. The Morgan fingerprint density at radius 1 is 1.35 bits per heavy atom. The Kier molecular flexibility index (Phi) is 4.44. The van der Waals surface area contributed by atoms with E-state index in [1.807, 2.05) is 59.8 Å². The van der Waals surface area contributed by atoms with Crippen LogP contribution in [0.1, 0.15) is 36.5 Å². The first kappa shape index (κ1) is 17.1. The van der Waals surface area contributed by atoms with Gasteiger partial charge < -0.3 is 14.4 Å². The van der Waals surface area contributed by atoms with Crippen molar-refractivity contribution in [3.63, 3.8) is 0 Å². The zero-order chi connectivity index (χ0) is 18.1. The van der Waals surface area contributed by atoms with Gasteiger partial charge in [0.1, 0.15) is 18.5 Å². The van der Waals surface area contributed by atoms with E-state index in [9.17, 15) is 4.79 Å². The zero-order valence-corrected chi connectivity index (χ0v) is 15.4. The third-order valence-electron chi connectivity index (χ3n) is 4.83. The predicted octanol–water partition coefficient (Wildman–Crippen LogP) is 2.53. The van der Waals surface area contributed by atoms with Gasteiger partial charge in [-0.05, 0) is 44.9 Å². The zero-order valence-electron chi connectivity index (χ0n) is 15.4. The maximum absolute atomic E-state index is 13.0. The summed E-state index contributed by atoms with van der Waals surface area (Å²) < 4.78 is 13.9. The fourth-order valence-corrected chi connectivity index (χ4v) is 3.77. The lowest BCUT2D eigenvalue weighted by molar-refractivity contribution is -0.136. The van der Waals surface area contributed by atoms with Gasteiger partial charge >= 0.3 is 0 Å². The van der Waals surface area contributed by atoms with Crippen molar-refractivity contribution in [2.24, 2.45) is 0 Å². The van der Waals surface area contributed by atoms with Crippen molar-refractivity contribution >= 4 is 5.91 Å². The molecule has 1 aromatic carbocycles. The summed E-state index contributed by atoms with van der Waals surface area (Å²) >= 11 is 0. The molecule has 2 aliphatic heterocycles. The number of hydrogen-bond acceptors (Lipinski definition) is 4. The monoisotopic (exact) mass is 355 g/mol. The third kappa shape index (κ3) is 3.60. The summed E-state index contributed by atoms with van der Waals surface area (Å²) in [5, 5.41) is 4.49. The number of benzene rings is 1. The molecule has 1 atom stereocenters. The van der Waals surface area contributed by atoms with Crippen molar-refractivity contribution in [1.82, 2.24) is 14.7 Å². The summed E-state index contributed by atoms with van der Waals surface area (Å²) in [7, 11) is 0. The van der Waals surface area contributed by atoms with E-state index in [-0.39, 0.29) is 12.0 Å². The van der Waals surface area contributed by atoms with E-state index in [0.717, 1.165) is 30.8 Å². The van der Waals surface area contributed by atoms with Gasteiger partial charge in [-0.15, -0.1) is 0 Å². The van der Waals surface area contributed by atoms with Gasteiger partial charge in [0.15, 0.2) is 5.69 Å². The van der Waals surface area contributed by atoms with Crippen molar-refractivity contribution in [3.05, 3.63) is 47.8 Å². The number of rotatable bonds is 4. The van der Waals surface area contributed by atoms with Gasteiger partial charge in [-0.3, -0.25) is 9.48 Å². The maximum Gasteiger partial charge on any atom is 0.274 e. The molecule has 0 bridgehead atoms. The van der Waals surface area contributed by atoms with Gasteiger partial charge in [-0.2, -0.15) is 5.10 Å². The SMILES string of the molecule is CC1(C)CN(C(=O)c2cc3n(n2)CCC3)C[C@@H](COc2ccccc2)O1. The van der Waals surface area contributed by atoms with Crippen LogP contribution in [0.2, 0.25) is 0 Å². The fraction of sp³-hybridized carbons (Fsp3) is 0.500. The molecule has 26 heavy (non-hydrogen) atoms. The maximum atomic E-state index is 13.0. The average Bonchev–Trinajstić information content (AvgIpc) is 3.21. The first-order chi connectivity index (χ1) is 12.5. The predicted molar refractivity (Wildman–Crippen MR) is 97.3 cm³/mol. The minimum atomic E-state index is -0.416. The highest BCUT2D eigenvalue weighted by Crippen LogP contribution is 2.24. The molecular formula is C20H25N3O3. The number of carbonyl (C=O) groups excluding carboxylic acids is 1. The molecule has 0 unspecified atom stereocenters. The number of ether oxygens (including phenoxy) is 2. The lowest BCUT2D eigenvalue weighted by Crippen LogP contribution is -2.56. The second kappa shape index (κ2) is 6.76. The summed E-state index contributed by atoms with van der Waals surface area (Å²) in [5.74, 6) is 0.788. The molecule has 0 saturated carbocycles. The molecule has 0 spiro atoms. The molecular weight excluding hydrogens is 330 g/mol. The van der Waals surface area contributed by atoms with E-state index in [1.165, 1.54) is 0 Å². The van der Waals surface area contributed by atoms with E-state index in [2.05, 4.69) is 5.10 Å². The lowest BCUT2D eigenvalue weighted by atomic mass is 10.0. The molecule has 2 aliphatic rings. The molecule has 138 valence electrons. The number of fused-ring (bicyclic) bond motifs is 1. The van der Waals surface area contributed by atoms with Gasteiger partial charge in [0.25, 0.3) is 5.91 Å². The Morgan fingerprint density at radius 2 is 2.15 bits per heavy atom. The summed E-state index contributed by atoms with van der Waals surface area (Å²) in [6.45, 7) is 6.40. The number of aryl methyl sites for hydroxylation is 2. The molecule has 0 aliphatic carbocycles. The summed E-state index contributed by atoms with van der Waals surface area (Å²) in [5.41, 5.74) is 1.28. The molecule has 1 aromatic heterocycles. The molecule has 0 N–H and O–H groups in total. The quantitative estimate of drug-likeness (QED) is 0.846. The van der Waals surface area contributed by atoms with Crippen LogP contribution in [0.3, 0.4) is 0 Å². The van der Waals surface area contributed by atoms with Gasteiger partial charge in [-0.1, -0.05) is 18.2 Å². The van der Waals surface area contributed by atoms with Gasteiger partial charge in [-0.25, -0.2) is 0 Å². The Morgan fingerprint density at radius 3 is 2.92 bits per heavy atom. The van der Waals surface area contributed by atoms with Gasteiger partial charge in [0, 0.05) is 18.8 Å². The van der Waals surface area contributed by atoms with Crippen molar-refractivity contribution < 1.29 is 14.3 Å². The molecule has 2 aromatic rings. The number of morpholine rings is 1. The first-order valence-electron chi connectivity index (χ1n) is 9.22. The lowest BCUT2D eigenvalue weighted by Gasteiger charge is -2.42. The van der Waals surface area contributed by atoms with Crippen molar-refractivity contribution in [1.29, 1.82) is 0 Å². The van der Waals surface area contributed by atoms with Crippen molar-refractivity contribution in [3.8, 4) is 5.75 Å². The highest BCUT2D eigenvalue weighted by Gasteiger charge is 2.37. The number of aromatic nitrogens is 2. The largest absolute Gasteiger partial charge is 0.491 e. The second-order valence-corrected chi connectivity index (χ2v) is 7.66. The number of para-hydroxylation sites is 1. The first-order valence-corrected chi connectivity index (χ1v) is 9.22. The fourth-order valence-electron chi connectivity index (χ4n) is 3.77. The molecule has 1 saturated heterocycles. The van der Waals surface area contributed by atoms with Crippen LogP contribution in [0.5, 0.6) is 5.75 Å². The normalized spacial score (nSPS) is 21.5. The van der Waals surface area contributed by atoms with Gasteiger partial charge in [0.05, 0.1) is 12.1 Å². The van der Waals surface area contributed by atoms with E-state index in [0.29, 0.717) is 25.4 Å². The van der Waals surface area contributed by atoms with Gasteiger partial charge in [0.2, 0.25) is 0 Å². The topological polar surface area (TPSA) is 56.6 Å². The standard InChI is InChI=1S/C20H25N3O3/c1-20(2)14-22(19(24)18-11-15-7-6-10-23(15)21-18)12-17(26-20)13-25-16-8-4-3-5-9-16/h3-5,8-9,11,17H,6-7,10,12-14H2,1-2H3/t17-/m0/s1. The molecule has 4 rings (SSSR count). The summed E-state index contributed by atoms with van der Waals surface area (Å²) in [6, 6.07) is 11.6. The Balaban J connectivity index is 1.44. The van der Waals surface area contributed by atoms with E-state index >= 15 is 0 Å². The van der Waals surface area contributed by atoms with Crippen LogP contribution < -0.4 is 4.74 Å². The molecule has 0 radical (unpaired) electrons. The summed E-state index contributed by atoms with van der Waals surface area (Å²) in [6.07, 6.45) is 1.94. The van der Waals surface area contributed by atoms with Crippen LogP contribution in [0.25, 0.3) is 0 Å². The van der Waals surface area contributed by atoms with E-state index in [4.69, 9.17) is 9.47 Å². The second-order valence-electron chi connectivity index (χ2n) is 7.66. The minimum Gasteiger partial charge on any atom is -0.491 e. The van der Waals surface area contributed by atoms with Crippen molar-refractivity contribution in [2.75, 3.05) is 19.7 Å². The number of carbonyl (C=O) groups is 1. The summed E-state index contributed by atoms with van der Waals surface area (Å²) in [4.78, 5) is 14.8. The van der Waals surface area contributed by atoms with E-state index < -0.39 is 5.60 Å². The number of amides is 1. The van der Waals surface area contributed by atoms with Crippen LogP contribution in [0.4, 0.5) is 0 Å². The third-order valence-corrected chi connectivity index (χ3v) is 4.83. The Labute approximate surface area is 153 Å². The number of nitrogens with zero attached hydrogens (tertiary/aromatic N) is 3. The molecule has 6 heteroatoms. The molecule has 3 heterocycles. The Hall–Kier alpha value is -2.34. The van der Waals surface area contributed by atoms with Crippen molar-refractivity contribution in [2.45, 2.75) is 44.9 Å². The van der Waals surface area contributed by atoms with Crippen LogP contribution >= 0.6 is 0 Å². The van der Waals surface area contributed by atoms with Crippen LogP contribution in [0.15, 0.2) is 36.4 Å². The highest BCUT2D eigenvalue weighted by molar-refractivity contribution is 5.92. The van der Waals surface area contributed by atoms with E-state index in [1.54, 1.807) is 0 Å². The minimum absolute atomic E-state index is 0.0204.